The van der Waals surface area contributed by atoms with Crippen LogP contribution in [0.2, 0.25) is 0 Å². The fourth-order valence-corrected chi connectivity index (χ4v) is 3.06. The maximum Gasteiger partial charge on any atom is 0.256 e. The summed E-state index contributed by atoms with van der Waals surface area (Å²) >= 11 is 0. The molecule has 1 aliphatic rings. The highest BCUT2D eigenvalue weighted by molar-refractivity contribution is 5.99. The van der Waals surface area contributed by atoms with E-state index >= 15 is 0 Å². The first-order chi connectivity index (χ1) is 10.2. The number of carbonyl (C=O) groups is 1. The van der Waals surface area contributed by atoms with E-state index in [9.17, 15) is 14.3 Å². The zero-order valence-corrected chi connectivity index (χ0v) is 12.4. The van der Waals surface area contributed by atoms with Crippen molar-refractivity contribution in [2.75, 3.05) is 25.5 Å². The van der Waals surface area contributed by atoms with Gasteiger partial charge in [-0.3, -0.25) is 4.79 Å². The molecule has 0 heterocycles. The van der Waals surface area contributed by atoms with E-state index in [0.29, 0.717) is 12.1 Å². The number of rotatable bonds is 5. The molecule has 116 valence electrons. The molecule has 21 heavy (non-hydrogen) atoms. The van der Waals surface area contributed by atoms with Crippen LogP contribution in [0.1, 0.15) is 42.5 Å². The van der Waals surface area contributed by atoms with Gasteiger partial charge in [-0.1, -0.05) is 25.3 Å². The Balaban J connectivity index is 2.27. The normalized spacial score (nSPS) is 15.8. The van der Waals surface area contributed by atoms with Crippen molar-refractivity contribution in [1.82, 2.24) is 4.90 Å². The molecule has 1 aliphatic carbocycles. The lowest BCUT2D eigenvalue weighted by molar-refractivity contribution is 0.0586. The van der Waals surface area contributed by atoms with Crippen molar-refractivity contribution in [3.05, 3.63) is 29.6 Å². The van der Waals surface area contributed by atoms with Crippen molar-refractivity contribution in [3.63, 3.8) is 0 Å². The summed E-state index contributed by atoms with van der Waals surface area (Å²) in [6, 6.07) is 4.65. The number of aliphatic hydroxyl groups excluding tert-OH is 1. The average Bonchev–Trinajstić information content (AvgIpc) is 2.52. The molecule has 0 bridgehead atoms. The predicted octanol–water partition coefficient (Wildman–Crippen LogP) is 2.63. The zero-order valence-electron chi connectivity index (χ0n) is 12.4. The van der Waals surface area contributed by atoms with Crippen molar-refractivity contribution in [1.29, 1.82) is 0 Å². The number of hydrogen-bond acceptors (Lipinski definition) is 3. The van der Waals surface area contributed by atoms with Crippen LogP contribution in [0.25, 0.3) is 0 Å². The average molecular weight is 294 g/mol. The third-order valence-electron chi connectivity index (χ3n) is 4.11. The lowest BCUT2D eigenvalue weighted by Crippen LogP contribution is -2.43. The minimum Gasteiger partial charge on any atom is -0.395 e. The molecule has 0 saturated heterocycles. The maximum atomic E-state index is 13.8. The molecular weight excluding hydrogens is 271 g/mol. The van der Waals surface area contributed by atoms with Crippen molar-refractivity contribution in [3.8, 4) is 0 Å². The minimum atomic E-state index is -0.434. The number of halogens is 1. The molecule has 4 nitrogen and oxygen atoms in total. The van der Waals surface area contributed by atoms with E-state index in [1.165, 1.54) is 12.5 Å². The SMILES string of the molecule is CNc1c(F)cccc1C(=O)N(CCO)C1CCCCC1. The summed E-state index contributed by atoms with van der Waals surface area (Å²) in [6.45, 7) is 0.218. The number of aliphatic hydroxyl groups is 1. The first-order valence-corrected chi connectivity index (χ1v) is 7.57. The summed E-state index contributed by atoms with van der Waals surface area (Å²) in [5.74, 6) is -0.643. The van der Waals surface area contributed by atoms with Gasteiger partial charge in [0.05, 0.1) is 17.9 Å². The fourth-order valence-electron chi connectivity index (χ4n) is 3.06. The third kappa shape index (κ3) is 3.53. The quantitative estimate of drug-likeness (QED) is 0.878. The minimum absolute atomic E-state index is 0.0769. The van der Waals surface area contributed by atoms with E-state index in [1.54, 1.807) is 24.1 Å². The largest absolute Gasteiger partial charge is 0.395 e. The third-order valence-corrected chi connectivity index (χ3v) is 4.11. The highest BCUT2D eigenvalue weighted by Crippen LogP contribution is 2.26. The molecular formula is C16H23FN2O2. The fraction of sp³-hybridized carbons (Fsp3) is 0.562. The summed E-state index contributed by atoms with van der Waals surface area (Å²) in [6.07, 6.45) is 5.30. The highest BCUT2D eigenvalue weighted by atomic mass is 19.1. The van der Waals surface area contributed by atoms with E-state index < -0.39 is 5.82 Å². The lowest BCUT2D eigenvalue weighted by atomic mass is 9.93. The lowest BCUT2D eigenvalue weighted by Gasteiger charge is -2.34. The maximum absolute atomic E-state index is 13.8. The molecule has 0 unspecified atom stereocenters. The van der Waals surface area contributed by atoms with Gasteiger partial charge in [0.1, 0.15) is 5.82 Å². The Morgan fingerprint density at radius 3 is 2.71 bits per heavy atom. The second-order valence-corrected chi connectivity index (χ2v) is 5.43. The molecule has 5 heteroatoms. The zero-order chi connectivity index (χ0) is 15.2. The number of para-hydroxylation sites is 1. The summed E-state index contributed by atoms with van der Waals surface area (Å²) in [4.78, 5) is 14.5. The summed E-state index contributed by atoms with van der Waals surface area (Å²) in [5, 5.41) is 12.0. The predicted molar refractivity (Wildman–Crippen MR) is 80.9 cm³/mol. The van der Waals surface area contributed by atoms with Gasteiger partial charge in [0, 0.05) is 19.6 Å². The number of nitrogens with one attached hydrogen (secondary N) is 1. The van der Waals surface area contributed by atoms with E-state index in [-0.39, 0.29) is 24.2 Å². The second kappa shape index (κ2) is 7.41. The molecule has 1 aromatic rings. The Kier molecular flexibility index (Phi) is 5.56. The van der Waals surface area contributed by atoms with E-state index in [2.05, 4.69) is 5.32 Å². The molecule has 0 radical (unpaired) electrons. The number of anilines is 1. The number of hydrogen-bond donors (Lipinski definition) is 2. The van der Waals surface area contributed by atoms with Crippen LogP contribution >= 0.6 is 0 Å². The van der Waals surface area contributed by atoms with Crippen molar-refractivity contribution in [2.24, 2.45) is 0 Å². The summed E-state index contributed by atoms with van der Waals surface area (Å²) in [7, 11) is 1.60. The van der Waals surface area contributed by atoms with Gasteiger partial charge in [-0.25, -0.2) is 4.39 Å². The second-order valence-electron chi connectivity index (χ2n) is 5.43. The van der Waals surface area contributed by atoms with Crippen LogP contribution < -0.4 is 5.32 Å². The number of carbonyl (C=O) groups excluding carboxylic acids is 1. The van der Waals surface area contributed by atoms with E-state index in [4.69, 9.17) is 0 Å². The molecule has 0 aliphatic heterocycles. The van der Waals surface area contributed by atoms with Gasteiger partial charge in [0.15, 0.2) is 0 Å². The number of amides is 1. The molecule has 1 fully saturated rings. The Morgan fingerprint density at radius 1 is 1.38 bits per heavy atom. The van der Waals surface area contributed by atoms with Gasteiger partial charge in [0.2, 0.25) is 0 Å². The van der Waals surface area contributed by atoms with Gasteiger partial charge in [-0.15, -0.1) is 0 Å². The summed E-state index contributed by atoms with van der Waals surface area (Å²) in [5.41, 5.74) is 0.553. The van der Waals surface area contributed by atoms with Gasteiger partial charge in [0.25, 0.3) is 5.91 Å². The standard InChI is InChI=1S/C16H23FN2O2/c1-18-15-13(8-5-9-14(15)17)16(21)19(10-11-20)12-6-3-2-4-7-12/h5,8-9,12,18,20H,2-4,6-7,10-11H2,1H3. The molecule has 2 N–H and O–H groups in total. The summed E-state index contributed by atoms with van der Waals surface area (Å²) < 4.78 is 13.8. The van der Waals surface area contributed by atoms with Crippen LogP contribution in [-0.4, -0.2) is 42.2 Å². The van der Waals surface area contributed by atoms with E-state index in [1.807, 2.05) is 0 Å². The Labute approximate surface area is 125 Å². The molecule has 0 spiro atoms. The number of benzene rings is 1. The van der Waals surface area contributed by atoms with E-state index in [0.717, 1.165) is 25.7 Å². The Bertz CT molecular complexity index is 487. The van der Waals surface area contributed by atoms with Crippen LogP contribution in [0, 0.1) is 5.82 Å². The molecule has 0 atom stereocenters. The van der Waals surface area contributed by atoms with Gasteiger partial charge in [-0.05, 0) is 25.0 Å². The van der Waals surface area contributed by atoms with Crippen LogP contribution in [0.5, 0.6) is 0 Å². The molecule has 0 aromatic heterocycles. The number of nitrogens with zero attached hydrogens (tertiary/aromatic N) is 1. The van der Waals surface area contributed by atoms with Gasteiger partial charge >= 0.3 is 0 Å². The van der Waals surface area contributed by atoms with Crippen LogP contribution in [0.15, 0.2) is 18.2 Å². The van der Waals surface area contributed by atoms with Crippen molar-refractivity contribution in [2.45, 2.75) is 38.1 Å². The van der Waals surface area contributed by atoms with Crippen LogP contribution in [0.4, 0.5) is 10.1 Å². The Hall–Kier alpha value is -1.62. The molecule has 1 aromatic carbocycles. The monoisotopic (exact) mass is 294 g/mol. The first-order valence-electron chi connectivity index (χ1n) is 7.57. The smallest absolute Gasteiger partial charge is 0.256 e. The molecule has 1 saturated carbocycles. The van der Waals surface area contributed by atoms with Crippen LogP contribution in [-0.2, 0) is 0 Å². The van der Waals surface area contributed by atoms with Crippen molar-refractivity contribution >= 4 is 11.6 Å². The van der Waals surface area contributed by atoms with Crippen molar-refractivity contribution < 1.29 is 14.3 Å². The topological polar surface area (TPSA) is 52.6 Å². The molecule has 2 rings (SSSR count). The van der Waals surface area contributed by atoms with Gasteiger partial charge in [-0.2, -0.15) is 0 Å². The first kappa shape index (κ1) is 15.8. The molecule has 1 amide bonds. The highest BCUT2D eigenvalue weighted by Gasteiger charge is 2.27. The van der Waals surface area contributed by atoms with Gasteiger partial charge < -0.3 is 15.3 Å². The Morgan fingerprint density at radius 2 is 2.10 bits per heavy atom. The van der Waals surface area contributed by atoms with Crippen LogP contribution in [0.3, 0.4) is 0 Å².